The molecule has 1 heterocycles. The zero-order chi connectivity index (χ0) is 12.7. The van der Waals surface area contributed by atoms with E-state index in [9.17, 15) is 9.59 Å². The quantitative estimate of drug-likeness (QED) is 0.565. The van der Waals surface area contributed by atoms with E-state index < -0.39 is 11.9 Å². The van der Waals surface area contributed by atoms with Crippen LogP contribution >= 0.6 is 0 Å². The lowest BCUT2D eigenvalue weighted by Crippen LogP contribution is -2.47. The lowest BCUT2D eigenvalue weighted by molar-refractivity contribution is -0.143. The summed E-state index contributed by atoms with van der Waals surface area (Å²) in [4.78, 5) is 24.1. The van der Waals surface area contributed by atoms with Crippen LogP contribution in [0.4, 0.5) is 4.79 Å². The number of urea groups is 1. The van der Waals surface area contributed by atoms with E-state index in [1.54, 1.807) is 4.90 Å². The highest BCUT2D eigenvalue weighted by atomic mass is 16.4. The molecule has 2 amide bonds. The second kappa shape index (κ2) is 6.79. The van der Waals surface area contributed by atoms with Crippen LogP contribution in [-0.2, 0) is 4.79 Å². The van der Waals surface area contributed by atoms with Crippen LogP contribution < -0.4 is 5.32 Å². The maximum Gasteiger partial charge on any atom is 0.317 e. The standard InChI is InChI=1S/C12H18N2O3/c1-2-3-4-7-13-12(17)14-8-5-6-10(9-14)11(15)16/h1,10H,3-9H2,(H,13,17)(H,15,16)/t10-/m1/s1. The first-order valence-corrected chi connectivity index (χ1v) is 5.84. The van der Waals surface area contributed by atoms with Crippen molar-refractivity contribution in [3.63, 3.8) is 0 Å². The van der Waals surface area contributed by atoms with Crippen molar-refractivity contribution in [3.05, 3.63) is 0 Å². The van der Waals surface area contributed by atoms with Crippen LogP contribution in [0, 0.1) is 18.3 Å². The van der Waals surface area contributed by atoms with Gasteiger partial charge in [0.1, 0.15) is 0 Å². The molecule has 1 atom stereocenters. The zero-order valence-electron chi connectivity index (χ0n) is 9.82. The molecule has 0 spiro atoms. The number of nitrogens with one attached hydrogen (secondary N) is 1. The third-order valence-corrected chi connectivity index (χ3v) is 2.83. The number of unbranched alkanes of at least 4 members (excludes halogenated alkanes) is 1. The van der Waals surface area contributed by atoms with Gasteiger partial charge >= 0.3 is 12.0 Å². The summed E-state index contributed by atoms with van der Waals surface area (Å²) >= 11 is 0. The van der Waals surface area contributed by atoms with Crippen molar-refractivity contribution in [1.82, 2.24) is 10.2 Å². The number of carboxylic acid groups (broad SMARTS) is 1. The average molecular weight is 238 g/mol. The lowest BCUT2D eigenvalue weighted by atomic mass is 9.99. The number of aliphatic carboxylic acids is 1. The number of nitrogens with zero attached hydrogens (tertiary/aromatic N) is 1. The molecule has 0 aromatic carbocycles. The van der Waals surface area contributed by atoms with Crippen LogP contribution in [-0.4, -0.2) is 41.6 Å². The summed E-state index contributed by atoms with van der Waals surface area (Å²) in [5, 5.41) is 11.6. The van der Waals surface area contributed by atoms with E-state index in [1.165, 1.54) is 0 Å². The Balaban J connectivity index is 2.31. The van der Waals surface area contributed by atoms with Gasteiger partial charge in [-0.3, -0.25) is 4.79 Å². The normalized spacial score (nSPS) is 19.5. The number of amides is 2. The molecule has 0 saturated carbocycles. The van der Waals surface area contributed by atoms with Crippen molar-refractivity contribution < 1.29 is 14.7 Å². The molecule has 1 aliphatic heterocycles. The number of rotatable bonds is 4. The second-order valence-corrected chi connectivity index (χ2v) is 4.16. The monoisotopic (exact) mass is 238 g/mol. The van der Waals surface area contributed by atoms with E-state index in [4.69, 9.17) is 11.5 Å². The number of piperidine rings is 1. The molecule has 0 aliphatic carbocycles. The number of terminal acetylenes is 1. The minimum Gasteiger partial charge on any atom is -0.481 e. The highest BCUT2D eigenvalue weighted by Gasteiger charge is 2.27. The van der Waals surface area contributed by atoms with Crippen molar-refractivity contribution in [1.29, 1.82) is 0 Å². The van der Waals surface area contributed by atoms with E-state index in [2.05, 4.69) is 11.2 Å². The first kappa shape index (κ1) is 13.4. The Bertz CT molecular complexity index is 322. The Morgan fingerprint density at radius 2 is 2.29 bits per heavy atom. The van der Waals surface area contributed by atoms with Crippen molar-refractivity contribution in [2.75, 3.05) is 19.6 Å². The fraction of sp³-hybridized carbons (Fsp3) is 0.667. The van der Waals surface area contributed by atoms with Crippen molar-refractivity contribution in [3.8, 4) is 12.3 Å². The molecule has 1 fully saturated rings. The van der Waals surface area contributed by atoms with Crippen molar-refractivity contribution in [2.24, 2.45) is 5.92 Å². The fourth-order valence-electron chi connectivity index (χ4n) is 1.86. The first-order chi connectivity index (χ1) is 8.15. The smallest absolute Gasteiger partial charge is 0.317 e. The van der Waals surface area contributed by atoms with Crippen LogP contribution in [0.2, 0.25) is 0 Å². The SMILES string of the molecule is C#CCCCNC(=O)N1CCC[C@@H](C(=O)O)C1. The van der Waals surface area contributed by atoms with E-state index in [0.29, 0.717) is 32.5 Å². The lowest BCUT2D eigenvalue weighted by Gasteiger charge is -2.30. The summed E-state index contributed by atoms with van der Waals surface area (Å²) in [5.41, 5.74) is 0. The third-order valence-electron chi connectivity index (χ3n) is 2.83. The fourth-order valence-corrected chi connectivity index (χ4v) is 1.86. The first-order valence-electron chi connectivity index (χ1n) is 5.84. The van der Waals surface area contributed by atoms with Gasteiger partial charge in [0.2, 0.25) is 0 Å². The molecule has 1 saturated heterocycles. The van der Waals surface area contributed by atoms with Gasteiger partial charge in [-0.25, -0.2) is 4.79 Å². The number of hydrogen-bond acceptors (Lipinski definition) is 2. The predicted octanol–water partition coefficient (Wildman–Crippen LogP) is 0.906. The Kier molecular flexibility index (Phi) is 5.34. The van der Waals surface area contributed by atoms with Crippen LogP contribution in [0.5, 0.6) is 0 Å². The number of carboxylic acids is 1. The minimum absolute atomic E-state index is 0.187. The Hall–Kier alpha value is -1.70. The maximum atomic E-state index is 11.7. The van der Waals surface area contributed by atoms with Gasteiger partial charge < -0.3 is 15.3 Å². The molecular formula is C12H18N2O3. The van der Waals surface area contributed by atoms with Gasteiger partial charge in [0.05, 0.1) is 5.92 Å². The van der Waals surface area contributed by atoms with Gasteiger partial charge in [-0.2, -0.15) is 0 Å². The largest absolute Gasteiger partial charge is 0.481 e. The molecular weight excluding hydrogens is 220 g/mol. The number of carbonyl (C=O) groups is 2. The van der Waals surface area contributed by atoms with Gasteiger partial charge in [-0.05, 0) is 19.3 Å². The maximum absolute atomic E-state index is 11.7. The average Bonchev–Trinajstić information content (AvgIpc) is 2.34. The highest BCUT2D eigenvalue weighted by molar-refractivity contribution is 5.76. The number of hydrogen-bond donors (Lipinski definition) is 2. The van der Waals surface area contributed by atoms with Gasteiger partial charge in [-0.1, -0.05) is 0 Å². The predicted molar refractivity (Wildman–Crippen MR) is 63.4 cm³/mol. The Morgan fingerprint density at radius 1 is 1.53 bits per heavy atom. The number of carbonyl (C=O) groups excluding carboxylic acids is 1. The second-order valence-electron chi connectivity index (χ2n) is 4.16. The summed E-state index contributed by atoms with van der Waals surface area (Å²) in [6.07, 6.45) is 7.88. The number of likely N-dealkylation sites (tertiary alicyclic amines) is 1. The topological polar surface area (TPSA) is 69.6 Å². The van der Waals surface area contributed by atoms with Gasteiger partial charge in [-0.15, -0.1) is 12.3 Å². The summed E-state index contributed by atoms with van der Waals surface area (Å²) in [7, 11) is 0. The molecule has 0 bridgehead atoms. The van der Waals surface area contributed by atoms with E-state index >= 15 is 0 Å². The van der Waals surface area contributed by atoms with Crippen LogP contribution in [0.25, 0.3) is 0 Å². The summed E-state index contributed by atoms with van der Waals surface area (Å²) < 4.78 is 0. The molecule has 5 heteroatoms. The molecule has 1 rings (SSSR count). The van der Waals surface area contributed by atoms with Crippen LogP contribution in [0.1, 0.15) is 25.7 Å². The van der Waals surface area contributed by atoms with Gasteiger partial charge in [0, 0.05) is 26.1 Å². The highest BCUT2D eigenvalue weighted by Crippen LogP contribution is 2.16. The summed E-state index contributed by atoms with van der Waals surface area (Å²) in [6.45, 7) is 1.47. The molecule has 94 valence electrons. The summed E-state index contributed by atoms with van der Waals surface area (Å²) in [6, 6.07) is -0.187. The van der Waals surface area contributed by atoms with Crippen molar-refractivity contribution in [2.45, 2.75) is 25.7 Å². The summed E-state index contributed by atoms with van der Waals surface area (Å²) in [5.74, 6) is 1.25. The minimum atomic E-state index is -0.824. The van der Waals surface area contributed by atoms with Gasteiger partial charge in [0.25, 0.3) is 0 Å². The Labute approximate surface area is 101 Å². The van der Waals surface area contributed by atoms with Gasteiger partial charge in [0.15, 0.2) is 0 Å². The van der Waals surface area contributed by atoms with Crippen molar-refractivity contribution >= 4 is 12.0 Å². The van der Waals surface area contributed by atoms with Crippen LogP contribution in [0.15, 0.2) is 0 Å². The molecule has 1 aliphatic rings. The molecule has 17 heavy (non-hydrogen) atoms. The third kappa shape index (κ3) is 4.35. The zero-order valence-corrected chi connectivity index (χ0v) is 9.82. The van der Waals surface area contributed by atoms with E-state index in [0.717, 1.165) is 12.8 Å². The molecule has 0 aromatic rings. The Morgan fingerprint density at radius 3 is 2.94 bits per heavy atom. The molecule has 0 aromatic heterocycles. The van der Waals surface area contributed by atoms with E-state index in [1.807, 2.05) is 0 Å². The molecule has 2 N–H and O–H groups in total. The molecule has 5 nitrogen and oxygen atoms in total. The van der Waals surface area contributed by atoms with E-state index in [-0.39, 0.29) is 6.03 Å². The van der Waals surface area contributed by atoms with Crippen LogP contribution in [0.3, 0.4) is 0 Å². The molecule has 0 unspecified atom stereocenters. The molecule has 0 radical (unpaired) electrons.